The van der Waals surface area contributed by atoms with Crippen molar-refractivity contribution in [1.29, 1.82) is 0 Å². The van der Waals surface area contributed by atoms with E-state index in [0.29, 0.717) is 17.3 Å². The van der Waals surface area contributed by atoms with Crippen molar-refractivity contribution in [1.82, 2.24) is 4.31 Å². The monoisotopic (exact) mass is 398 g/mol. The first-order chi connectivity index (χ1) is 13.0. The van der Waals surface area contributed by atoms with Gasteiger partial charge in [-0.2, -0.15) is 4.31 Å². The van der Waals surface area contributed by atoms with E-state index in [1.165, 1.54) is 4.31 Å². The molecule has 6 heteroatoms. The lowest BCUT2D eigenvalue weighted by Gasteiger charge is -2.17. The Bertz CT molecular complexity index is 1030. The van der Waals surface area contributed by atoms with Crippen molar-refractivity contribution in [2.45, 2.75) is 11.4 Å². The lowest BCUT2D eigenvalue weighted by molar-refractivity contribution is 0.467. The Labute approximate surface area is 164 Å². The molecular weight excluding hydrogens is 380 g/mol. The zero-order chi connectivity index (χ0) is 19.3. The highest BCUT2D eigenvalue weighted by Crippen LogP contribution is 2.21. The number of hydrogen-bond donors (Lipinski definition) is 0. The Hall–Kier alpha value is -2.47. The molecule has 0 unspecified atom stereocenters. The van der Waals surface area contributed by atoms with Crippen LogP contribution in [0.5, 0.6) is 0 Å². The fourth-order valence-corrected chi connectivity index (χ4v) is 3.88. The molecule has 0 saturated carbocycles. The van der Waals surface area contributed by atoms with E-state index in [0.717, 1.165) is 11.1 Å². The Morgan fingerprint density at radius 3 is 2.22 bits per heavy atom. The first-order valence-corrected chi connectivity index (χ1v) is 10.2. The molecule has 0 radical (unpaired) electrons. The summed E-state index contributed by atoms with van der Waals surface area (Å²) >= 11 is 6.10. The average Bonchev–Trinajstić information content (AvgIpc) is 2.68. The molecule has 0 aliphatic carbocycles. The van der Waals surface area contributed by atoms with Crippen LogP contribution in [0.2, 0.25) is 5.02 Å². The maximum Gasteiger partial charge on any atom is 0.243 e. The second kappa shape index (κ2) is 8.48. The van der Waals surface area contributed by atoms with E-state index >= 15 is 0 Å². The van der Waals surface area contributed by atoms with Gasteiger partial charge in [0.1, 0.15) is 0 Å². The van der Waals surface area contributed by atoms with E-state index in [-0.39, 0.29) is 4.90 Å². The molecule has 3 aromatic rings. The van der Waals surface area contributed by atoms with Crippen LogP contribution in [0.25, 0.3) is 0 Å². The zero-order valence-electron chi connectivity index (χ0n) is 14.8. The van der Waals surface area contributed by atoms with Gasteiger partial charge in [-0.15, -0.1) is 0 Å². The minimum Gasteiger partial charge on any atom is -0.256 e. The van der Waals surface area contributed by atoms with Gasteiger partial charge < -0.3 is 0 Å². The van der Waals surface area contributed by atoms with Crippen LogP contribution in [0, 0.1) is 0 Å². The first-order valence-electron chi connectivity index (χ1n) is 8.36. The minimum absolute atomic E-state index is 0.234. The normalized spacial score (nSPS) is 12.0. The quantitative estimate of drug-likeness (QED) is 0.554. The van der Waals surface area contributed by atoms with Crippen molar-refractivity contribution in [3.63, 3.8) is 0 Å². The zero-order valence-corrected chi connectivity index (χ0v) is 16.4. The number of benzene rings is 3. The van der Waals surface area contributed by atoms with Crippen molar-refractivity contribution in [3.05, 3.63) is 95.0 Å². The molecule has 3 aromatic carbocycles. The Morgan fingerprint density at radius 2 is 1.56 bits per heavy atom. The summed E-state index contributed by atoms with van der Waals surface area (Å²) in [5.74, 6) is 0. The molecule has 27 heavy (non-hydrogen) atoms. The van der Waals surface area contributed by atoms with Crippen LogP contribution >= 0.6 is 11.6 Å². The molecule has 138 valence electrons. The maximum atomic E-state index is 12.7. The van der Waals surface area contributed by atoms with Gasteiger partial charge in [-0.05, 0) is 35.9 Å². The number of aliphatic imine (C=N–C) groups is 1. The standard InChI is InChI=1S/C21H19ClN2O2S/c1-24(16-17-7-3-2-4-8-17)27(25,26)20-13-11-19(12-14-20)23-15-18-9-5-6-10-21(18)22/h2-15H,16H2,1H3. The van der Waals surface area contributed by atoms with Crippen LogP contribution < -0.4 is 0 Å². The van der Waals surface area contributed by atoms with Crippen LogP contribution in [0.4, 0.5) is 5.69 Å². The minimum atomic E-state index is -3.57. The molecule has 0 aromatic heterocycles. The molecular formula is C21H19ClN2O2S. The Morgan fingerprint density at radius 1 is 0.926 bits per heavy atom. The molecule has 0 aliphatic heterocycles. The van der Waals surface area contributed by atoms with Crippen molar-refractivity contribution in [2.75, 3.05) is 7.05 Å². The van der Waals surface area contributed by atoms with Gasteiger partial charge in [-0.1, -0.05) is 60.1 Å². The molecule has 0 saturated heterocycles. The number of hydrogen-bond acceptors (Lipinski definition) is 3. The lowest BCUT2D eigenvalue weighted by atomic mass is 10.2. The summed E-state index contributed by atoms with van der Waals surface area (Å²) in [6.07, 6.45) is 1.66. The topological polar surface area (TPSA) is 49.7 Å². The van der Waals surface area contributed by atoms with Crippen molar-refractivity contribution < 1.29 is 8.42 Å². The second-order valence-electron chi connectivity index (χ2n) is 6.02. The van der Waals surface area contributed by atoms with Gasteiger partial charge in [0.15, 0.2) is 0 Å². The van der Waals surface area contributed by atoms with Gasteiger partial charge in [0.2, 0.25) is 10.0 Å². The summed E-state index contributed by atoms with van der Waals surface area (Å²) in [5, 5.41) is 0.614. The molecule has 4 nitrogen and oxygen atoms in total. The molecule has 0 atom stereocenters. The number of sulfonamides is 1. The van der Waals surface area contributed by atoms with E-state index in [1.807, 2.05) is 48.5 Å². The summed E-state index contributed by atoms with van der Waals surface area (Å²) in [6.45, 7) is 0.315. The average molecular weight is 399 g/mol. The predicted octanol–water partition coefficient (Wildman–Crippen LogP) is 4.91. The highest BCUT2D eigenvalue weighted by Gasteiger charge is 2.20. The predicted molar refractivity (Wildman–Crippen MR) is 110 cm³/mol. The van der Waals surface area contributed by atoms with Crippen molar-refractivity contribution >= 4 is 33.5 Å². The molecule has 0 spiro atoms. The summed E-state index contributed by atoms with van der Waals surface area (Å²) in [4.78, 5) is 4.59. The van der Waals surface area contributed by atoms with Crippen LogP contribution in [-0.4, -0.2) is 26.0 Å². The number of halogens is 1. The number of nitrogens with zero attached hydrogens (tertiary/aromatic N) is 2. The third-order valence-electron chi connectivity index (χ3n) is 4.05. The third kappa shape index (κ3) is 4.83. The second-order valence-corrected chi connectivity index (χ2v) is 8.47. The Balaban J connectivity index is 1.75. The molecule has 0 N–H and O–H groups in total. The van der Waals surface area contributed by atoms with Gasteiger partial charge in [0.05, 0.1) is 10.6 Å². The van der Waals surface area contributed by atoms with Crippen LogP contribution in [-0.2, 0) is 16.6 Å². The third-order valence-corrected chi connectivity index (χ3v) is 6.21. The first kappa shape index (κ1) is 19.3. The largest absolute Gasteiger partial charge is 0.256 e. The summed E-state index contributed by atoms with van der Waals surface area (Å²) in [7, 11) is -1.99. The van der Waals surface area contributed by atoms with Crippen molar-refractivity contribution in [2.24, 2.45) is 4.99 Å². The molecule has 3 rings (SSSR count). The smallest absolute Gasteiger partial charge is 0.243 e. The SMILES string of the molecule is CN(Cc1ccccc1)S(=O)(=O)c1ccc(N=Cc2ccccc2Cl)cc1. The lowest BCUT2D eigenvalue weighted by Crippen LogP contribution is -2.26. The molecule has 0 amide bonds. The summed E-state index contributed by atoms with van der Waals surface area (Å²) in [6, 6.07) is 23.4. The van der Waals surface area contributed by atoms with Crippen molar-refractivity contribution in [3.8, 4) is 0 Å². The van der Waals surface area contributed by atoms with E-state index in [2.05, 4.69) is 4.99 Å². The van der Waals surface area contributed by atoms with E-state index in [9.17, 15) is 8.42 Å². The fourth-order valence-electron chi connectivity index (χ4n) is 2.53. The molecule has 0 bridgehead atoms. The van der Waals surface area contributed by atoms with Gasteiger partial charge in [-0.3, -0.25) is 4.99 Å². The van der Waals surface area contributed by atoms with Gasteiger partial charge in [-0.25, -0.2) is 8.42 Å². The van der Waals surface area contributed by atoms with E-state index in [1.54, 1.807) is 43.6 Å². The molecule has 0 heterocycles. The van der Waals surface area contributed by atoms with Crippen LogP contribution in [0.1, 0.15) is 11.1 Å². The number of rotatable bonds is 6. The van der Waals surface area contributed by atoms with Crippen LogP contribution in [0.3, 0.4) is 0 Å². The highest BCUT2D eigenvalue weighted by atomic mass is 35.5. The van der Waals surface area contributed by atoms with Gasteiger partial charge in [0.25, 0.3) is 0 Å². The molecule has 0 aliphatic rings. The van der Waals surface area contributed by atoms with Gasteiger partial charge >= 0.3 is 0 Å². The van der Waals surface area contributed by atoms with Gasteiger partial charge in [0, 0.05) is 30.4 Å². The maximum absolute atomic E-state index is 12.7. The Kier molecular flexibility index (Phi) is 6.06. The van der Waals surface area contributed by atoms with E-state index in [4.69, 9.17) is 11.6 Å². The summed E-state index contributed by atoms with van der Waals surface area (Å²) < 4.78 is 26.8. The van der Waals surface area contributed by atoms with E-state index < -0.39 is 10.0 Å². The molecule has 0 fully saturated rings. The van der Waals surface area contributed by atoms with Crippen LogP contribution in [0.15, 0.2) is 88.8 Å². The highest BCUT2D eigenvalue weighted by molar-refractivity contribution is 7.89. The summed E-state index contributed by atoms with van der Waals surface area (Å²) in [5.41, 5.74) is 2.39. The fraction of sp³-hybridized carbons (Fsp3) is 0.0952.